The molecular formula is C9H13ClN2O2S3. The van der Waals surface area contributed by atoms with Crippen molar-refractivity contribution in [1.29, 1.82) is 0 Å². The van der Waals surface area contributed by atoms with Crippen molar-refractivity contribution in [2.24, 2.45) is 0 Å². The van der Waals surface area contributed by atoms with Crippen molar-refractivity contribution in [2.45, 2.75) is 17.6 Å². The predicted molar refractivity (Wildman–Crippen MR) is 72.6 cm³/mol. The number of thiazole rings is 1. The summed E-state index contributed by atoms with van der Waals surface area (Å²) in [6, 6.07) is 0. The molecule has 1 aromatic rings. The van der Waals surface area contributed by atoms with Gasteiger partial charge in [-0.1, -0.05) is 22.9 Å². The van der Waals surface area contributed by atoms with Crippen molar-refractivity contribution in [1.82, 2.24) is 9.29 Å². The second kappa shape index (κ2) is 5.44. The minimum Gasteiger partial charge on any atom is -0.229 e. The summed E-state index contributed by atoms with van der Waals surface area (Å²) in [6.45, 7) is 2.84. The third kappa shape index (κ3) is 2.96. The molecule has 0 amide bonds. The van der Waals surface area contributed by atoms with Gasteiger partial charge in [0.2, 0.25) is 0 Å². The summed E-state index contributed by atoms with van der Waals surface area (Å²) in [4.78, 5) is 3.97. The molecule has 0 aromatic carbocycles. The van der Waals surface area contributed by atoms with Crippen molar-refractivity contribution < 1.29 is 8.42 Å². The minimum atomic E-state index is -3.40. The standard InChI is InChI=1S/C9H13ClN2O2S3/c1-7-8(16-9(10)11-7)17(13,14)12-3-2-5-15-6-4-12/h2-6H2,1H3. The highest BCUT2D eigenvalue weighted by atomic mass is 35.5. The summed E-state index contributed by atoms with van der Waals surface area (Å²) in [5, 5.41) is 0. The Labute approximate surface area is 114 Å². The second-order valence-electron chi connectivity index (χ2n) is 3.71. The summed E-state index contributed by atoms with van der Waals surface area (Å²) in [7, 11) is -3.40. The molecule has 0 aliphatic carbocycles. The Hall–Kier alpha value is 0.180. The molecule has 0 N–H and O–H groups in total. The summed E-state index contributed by atoms with van der Waals surface area (Å²) in [6.07, 6.45) is 0.898. The van der Waals surface area contributed by atoms with Crippen LogP contribution in [0.4, 0.5) is 0 Å². The number of thioether (sulfide) groups is 1. The Bertz CT molecular complexity index is 492. The average molecular weight is 313 g/mol. The van der Waals surface area contributed by atoms with Crippen LogP contribution in [-0.4, -0.2) is 42.3 Å². The fraction of sp³-hybridized carbons (Fsp3) is 0.667. The first kappa shape index (κ1) is 13.6. The lowest BCUT2D eigenvalue weighted by Gasteiger charge is -2.18. The van der Waals surface area contributed by atoms with E-state index in [0.29, 0.717) is 18.8 Å². The van der Waals surface area contributed by atoms with Crippen LogP contribution >= 0.6 is 34.7 Å². The normalized spacial score (nSPS) is 19.2. The van der Waals surface area contributed by atoms with Gasteiger partial charge in [-0.25, -0.2) is 13.4 Å². The van der Waals surface area contributed by atoms with Crippen molar-refractivity contribution in [3.05, 3.63) is 10.2 Å². The van der Waals surface area contributed by atoms with Crippen molar-refractivity contribution in [3.63, 3.8) is 0 Å². The SMILES string of the molecule is Cc1nc(Cl)sc1S(=O)(=O)N1CCCSCC1. The van der Waals surface area contributed by atoms with E-state index in [1.807, 2.05) is 0 Å². The molecule has 8 heteroatoms. The van der Waals surface area contributed by atoms with Crippen LogP contribution in [0.15, 0.2) is 4.21 Å². The first-order chi connectivity index (χ1) is 8.01. The molecule has 1 fully saturated rings. The van der Waals surface area contributed by atoms with Gasteiger partial charge in [0.25, 0.3) is 10.0 Å². The van der Waals surface area contributed by atoms with E-state index >= 15 is 0 Å². The topological polar surface area (TPSA) is 50.3 Å². The van der Waals surface area contributed by atoms with E-state index in [9.17, 15) is 8.42 Å². The molecule has 0 atom stereocenters. The third-order valence-corrected chi connectivity index (χ3v) is 7.28. The Kier molecular flexibility index (Phi) is 4.35. The van der Waals surface area contributed by atoms with E-state index < -0.39 is 10.0 Å². The van der Waals surface area contributed by atoms with Crippen LogP contribution in [0.25, 0.3) is 0 Å². The van der Waals surface area contributed by atoms with Crippen molar-refractivity contribution >= 4 is 44.7 Å². The van der Waals surface area contributed by atoms with Crippen molar-refractivity contribution in [3.8, 4) is 0 Å². The molecule has 0 radical (unpaired) electrons. The van der Waals surface area contributed by atoms with Crippen LogP contribution in [0.5, 0.6) is 0 Å². The fourth-order valence-electron chi connectivity index (χ4n) is 1.67. The quantitative estimate of drug-likeness (QED) is 0.840. The maximum atomic E-state index is 12.4. The Morgan fingerprint density at radius 3 is 2.76 bits per heavy atom. The third-order valence-electron chi connectivity index (χ3n) is 2.48. The lowest BCUT2D eigenvalue weighted by molar-refractivity contribution is 0.436. The molecule has 1 aromatic heterocycles. The number of nitrogens with zero attached hydrogens (tertiary/aromatic N) is 2. The molecule has 0 bridgehead atoms. The highest BCUT2D eigenvalue weighted by Crippen LogP contribution is 2.30. The maximum Gasteiger partial charge on any atom is 0.254 e. The summed E-state index contributed by atoms with van der Waals surface area (Å²) in [5.74, 6) is 1.87. The van der Waals surface area contributed by atoms with E-state index in [2.05, 4.69) is 4.98 Å². The monoisotopic (exact) mass is 312 g/mol. The van der Waals surface area contributed by atoms with Crippen LogP contribution in [0, 0.1) is 6.92 Å². The molecule has 1 saturated heterocycles. The highest BCUT2D eigenvalue weighted by Gasteiger charge is 2.29. The largest absolute Gasteiger partial charge is 0.254 e. The molecular weight excluding hydrogens is 300 g/mol. The summed E-state index contributed by atoms with van der Waals surface area (Å²) in [5.41, 5.74) is 0.497. The zero-order chi connectivity index (χ0) is 12.5. The minimum absolute atomic E-state index is 0.283. The zero-order valence-electron chi connectivity index (χ0n) is 9.35. The van der Waals surface area contributed by atoms with Gasteiger partial charge >= 0.3 is 0 Å². The van der Waals surface area contributed by atoms with Gasteiger partial charge in [0.05, 0.1) is 5.69 Å². The second-order valence-corrected chi connectivity index (χ2v) is 8.65. The van der Waals surface area contributed by atoms with E-state index in [-0.39, 0.29) is 8.68 Å². The van der Waals surface area contributed by atoms with E-state index in [4.69, 9.17) is 11.6 Å². The predicted octanol–water partition coefficient (Wildman–Crippen LogP) is 2.23. The van der Waals surface area contributed by atoms with Gasteiger partial charge in [-0.3, -0.25) is 0 Å². The number of hydrogen-bond donors (Lipinski definition) is 0. The van der Waals surface area contributed by atoms with Gasteiger partial charge in [0, 0.05) is 18.8 Å². The lowest BCUT2D eigenvalue weighted by Crippen LogP contribution is -2.32. The lowest BCUT2D eigenvalue weighted by atomic mass is 10.5. The molecule has 1 aliphatic rings. The number of aromatic nitrogens is 1. The molecule has 96 valence electrons. The molecule has 0 spiro atoms. The number of sulfonamides is 1. The van der Waals surface area contributed by atoms with Crippen LogP contribution in [0.1, 0.15) is 12.1 Å². The van der Waals surface area contributed by atoms with Gasteiger partial charge in [0.1, 0.15) is 0 Å². The fourth-order valence-corrected chi connectivity index (χ4v) is 6.03. The molecule has 0 saturated carbocycles. The van der Waals surface area contributed by atoms with Crippen LogP contribution in [0.2, 0.25) is 4.47 Å². The number of rotatable bonds is 2. The van der Waals surface area contributed by atoms with E-state index in [0.717, 1.165) is 29.3 Å². The first-order valence-electron chi connectivity index (χ1n) is 5.22. The molecule has 2 heterocycles. The zero-order valence-corrected chi connectivity index (χ0v) is 12.6. The van der Waals surface area contributed by atoms with Crippen LogP contribution in [0.3, 0.4) is 0 Å². The average Bonchev–Trinajstić information content (AvgIpc) is 2.52. The smallest absolute Gasteiger partial charge is 0.229 e. The Morgan fingerprint density at radius 1 is 1.35 bits per heavy atom. The van der Waals surface area contributed by atoms with Crippen LogP contribution in [-0.2, 0) is 10.0 Å². The molecule has 2 rings (SSSR count). The number of halogens is 1. The van der Waals surface area contributed by atoms with Gasteiger partial charge in [-0.2, -0.15) is 16.1 Å². The summed E-state index contributed by atoms with van der Waals surface area (Å²) >= 11 is 8.60. The van der Waals surface area contributed by atoms with Crippen LogP contribution < -0.4 is 0 Å². The molecule has 0 unspecified atom stereocenters. The summed E-state index contributed by atoms with van der Waals surface area (Å²) < 4.78 is 26.9. The van der Waals surface area contributed by atoms with Gasteiger partial charge in [-0.05, 0) is 19.1 Å². The van der Waals surface area contributed by atoms with E-state index in [1.54, 1.807) is 23.0 Å². The Balaban J connectivity index is 2.31. The first-order valence-corrected chi connectivity index (χ1v) is 9.01. The Morgan fingerprint density at radius 2 is 2.12 bits per heavy atom. The number of hydrogen-bond acceptors (Lipinski definition) is 5. The molecule has 17 heavy (non-hydrogen) atoms. The highest BCUT2D eigenvalue weighted by molar-refractivity contribution is 7.99. The van der Waals surface area contributed by atoms with Gasteiger partial charge in [-0.15, -0.1) is 0 Å². The van der Waals surface area contributed by atoms with E-state index in [1.165, 1.54) is 0 Å². The molecule has 4 nitrogen and oxygen atoms in total. The molecule has 1 aliphatic heterocycles. The maximum absolute atomic E-state index is 12.4. The van der Waals surface area contributed by atoms with Gasteiger partial charge in [0.15, 0.2) is 8.68 Å². The van der Waals surface area contributed by atoms with Gasteiger partial charge < -0.3 is 0 Å². The van der Waals surface area contributed by atoms with Crippen molar-refractivity contribution in [2.75, 3.05) is 24.6 Å². The number of aryl methyl sites for hydroxylation is 1.